The summed E-state index contributed by atoms with van der Waals surface area (Å²) in [5.41, 5.74) is 2.82. The van der Waals surface area contributed by atoms with Gasteiger partial charge in [0.05, 0.1) is 12.7 Å². The predicted molar refractivity (Wildman–Crippen MR) is 92.5 cm³/mol. The summed E-state index contributed by atoms with van der Waals surface area (Å²) in [7, 11) is 1.16. The third-order valence-electron chi connectivity index (χ3n) is 4.58. The quantitative estimate of drug-likeness (QED) is 0.868. The van der Waals surface area contributed by atoms with Crippen molar-refractivity contribution in [2.75, 3.05) is 19.0 Å². The van der Waals surface area contributed by atoms with E-state index in [4.69, 9.17) is 4.74 Å². The Bertz CT molecular complexity index is 847. The maximum absolute atomic E-state index is 13.1. The summed E-state index contributed by atoms with van der Waals surface area (Å²) < 4.78 is 44.2. The van der Waals surface area contributed by atoms with Crippen LogP contribution in [0.15, 0.2) is 30.3 Å². The van der Waals surface area contributed by atoms with E-state index >= 15 is 0 Å². The van der Waals surface area contributed by atoms with Gasteiger partial charge in [0.2, 0.25) is 0 Å². The van der Waals surface area contributed by atoms with Crippen LogP contribution < -0.4 is 15.4 Å². The van der Waals surface area contributed by atoms with Gasteiger partial charge in [-0.1, -0.05) is 6.07 Å². The molecular formula is C19H19F3N2O2. The normalized spacial score (nSPS) is 13.9. The average molecular weight is 364 g/mol. The van der Waals surface area contributed by atoms with Crippen molar-refractivity contribution in [1.29, 1.82) is 0 Å². The Hall–Kier alpha value is -2.54. The highest BCUT2D eigenvalue weighted by Crippen LogP contribution is 2.37. The minimum Gasteiger partial charge on any atom is -0.496 e. The van der Waals surface area contributed by atoms with Gasteiger partial charge in [-0.2, -0.15) is 13.2 Å². The first-order valence-corrected chi connectivity index (χ1v) is 8.20. The van der Waals surface area contributed by atoms with Crippen molar-refractivity contribution in [1.82, 2.24) is 5.32 Å². The molecule has 1 heterocycles. The van der Waals surface area contributed by atoms with Gasteiger partial charge in [-0.15, -0.1) is 0 Å². The van der Waals surface area contributed by atoms with Crippen molar-refractivity contribution in [2.24, 2.45) is 0 Å². The van der Waals surface area contributed by atoms with Gasteiger partial charge >= 0.3 is 6.18 Å². The summed E-state index contributed by atoms with van der Waals surface area (Å²) in [5, 5.41) is 6.00. The largest absolute Gasteiger partial charge is 0.496 e. The number of nitrogens with one attached hydrogen (secondary N) is 2. The van der Waals surface area contributed by atoms with Crippen molar-refractivity contribution in [3.63, 3.8) is 0 Å². The highest BCUT2D eigenvalue weighted by Gasteiger charge is 2.35. The van der Waals surface area contributed by atoms with E-state index in [1.54, 1.807) is 6.07 Å². The molecule has 1 aliphatic heterocycles. The first-order valence-electron chi connectivity index (χ1n) is 8.20. The molecule has 2 aromatic rings. The molecule has 0 unspecified atom stereocenters. The Morgan fingerprint density at radius 2 is 2.00 bits per heavy atom. The second-order valence-corrected chi connectivity index (χ2v) is 6.17. The van der Waals surface area contributed by atoms with E-state index in [2.05, 4.69) is 10.6 Å². The zero-order chi connectivity index (χ0) is 18.9. The number of carbonyl (C=O) groups excluding carboxylic acids is 1. The first-order chi connectivity index (χ1) is 12.3. The average Bonchev–Trinajstić information content (AvgIpc) is 2.63. The number of halogens is 3. The number of rotatable bonds is 3. The fourth-order valence-corrected chi connectivity index (χ4v) is 3.13. The van der Waals surface area contributed by atoms with Gasteiger partial charge in [0.15, 0.2) is 0 Å². The van der Waals surface area contributed by atoms with Crippen molar-refractivity contribution in [3.8, 4) is 5.75 Å². The molecule has 138 valence electrons. The van der Waals surface area contributed by atoms with E-state index in [-0.39, 0.29) is 11.3 Å². The number of anilines is 1. The van der Waals surface area contributed by atoms with E-state index in [1.807, 2.05) is 13.0 Å². The number of methoxy groups -OCH3 is 1. The highest BCUT2D eigenvalue weighted by molar-refractivity contribution is 6.05. The summed E-state index contributed by atoms with van der Waals surface area (Å²) in [6, 6.07) is 7.03. The molecule has 0 bridgehead atoms. The van der Waals surface area contributed by atoms with Gasteiger partial charge in [0.1, 0.15) is 5.75 Å². The Kier molecular flexibility index (Phi) is 4.91. The molecule has 2 aromatic carbocycles. The van der Waals surface area contributed by atoms with Gasteiger partial charge in [-0.05, 0) is 60.8 Å². The molecule has 1 amide bonds. The lowest BCUT2D eigenvalue weighted by Crippen LogP contribution is -2.25. The smallest absolute Gasteiger partial charge is 0.419 e. The zero-order valence-electron chi connectivity index (χ0n) is 14.5. The van der Waals surface area contributed by atoms with Gasteiger partial charge in [-0.25, -0.2) is 0 Å². The van der Waals surface area contributed by atoms with Crippen LogP contribution in [0.4, 0.5) is 18.9 Å². The van der Waals surface area contributed by atoms with Gasteiger partial charge in [0, 0.05) is 17.8 Å². The molecule has 1 aliphatic rings. The molecule has 7 heteroatoms. The molecule has 0 spiro atoms. The minimum atomic E-state index is -4.60. The van der Waals surface area contributed by atoms with Crippen LogP contribution in [0.2, 0.25) is 0 Å². The SMILES string of the molecule is COc1ccc(C(=O)Nc2ccc3c(c2C)CNCC3)cc1C(F)(F)F. The molecule has 3 rings (SSSR count). The standard InChI is InChI=1S/C19H19F3N2O2/c1-11-14-10-23-8-7-12(14)3-5-16(11)24-18(25)13-4-6-17(26-2)15(9-13)19(20,21)22/h3-6,9,23H,7-8,10H2,1-2H3,(H,24,25). The molecule has 0 aromatic heterocycles. The fraction of sp³-hybridized carbons (Fsp3) is 0.316. The maximum atomic E-state index is 13.1. The Labute approximate surface area is 149 Å². The molecule has 0 aliphatic carbocycles. The lowest BCUT2D eigenvalue weighted by atomic mass is 9.95. The number of benzene rings is 2. The monoisotopic (exact) mass is 364 g/mol. The summed E-state index contributed by atoms with van der Waals surface area (Å²) in [6.45, 7) is 3.52. The molecule has 0 radical (unpaired) electrons. The maximum Gasteiger partial charge on any atom is 0.419 e. The van der Waals surface area contributed by atoms with Crippen LogP contribution in [-0.2, 0) is 19.1 Å². The van der Waals surface area contributed by atoms with Crippen molar-refractivity contribution < 1.29 is 22.7 Å². The van der Waals surface area contributed by atoms with E-state index in [0.717, 1.165) is 43.3 Å². The van der Waals surface area contributed by atoms with Crippen molar-refractivity contribution >= 4 is 11.6 Å². The Morgan fingerprint density at radius 3 is 2.69 bits per heavy atom. The fourth-order valence-electron chi connectivity index (χ4n) is 3.13. The zero-order valence-corrected chi connectivity index (χ0v) is 14.5. The molecular weight excluding hydrogens is 345 g/mol. The molecule has 0 fully saturated rings. The van der Waals surface area contributed by atoms with Crippen molar-refractivity contribution in [2.45, 2.75) is 26.1 Å². The molecule has 0 saturated heterocycles. The van der Waals surface area contributed by atoms with Crippen LogP contribution >= 0.6 is 0 Å². The summed E-state index contributed by atoms with van der Waals surface area (Å²) in [6.07, 6.45) is -3.69. The molecule has 4 nitrogen and oxygen atoms in total. The summed E-state index contributed by atoms with van der Waals surface area (Å²) in [5.74, 6) is -0.907. The van der Waals surface area contributed by atoms with Crippen LogP contribution in [0.1, 0.15) is 32.6 Å². The van der Waals surface area contributed by atoms with Crippen LogP contribution in [0.3, 0.4) is 0 Å². The van der Waals surface area contributed by atoms with Crippen LogP contribution in [-0.4, -0.2) is 19.6 Å². The van der Waals surface area contributed by atoms with Crippen LogP contribution in [0, 0.1) is 6.92 Å². The number of carbonyl (C=O) groups is 1. The second kappa shape index (κ2) is 6.99. The number of hydrogen-bond acceptors (Lipinski definition) is 3. The van der Waals surface area contributed by atoms with E-state index in [0.29, 0.717) is 12.2 Å². The Morgan fingerprint density at radius 1 is 1.23 bits per heavy atom. The van der Waals surface area contributed by atoms with E-state index in [1.165, 1.54) is 11.6 Å². The van der Waals surface area contributed by atoms with E-state index < -0.39 is 17.6 Å². The van der Waals surface area contributed by atoms with Gasteiger partial charge in [0.25, 0.3) is 5.91 Å². The second-order valence-electron chi connectivity index (χ2n) is 6.17. The predicted octanol–water partition coefficient (Wildman–Crippen LogP) is 3.92. The van der Waals surface area contributed by atoms with E-state index in [9.17, 15) is 18.0 Å². The van der Waals surface area contributed by atoms with Crippen LogP contribution in [0.5, 0.6) is 5.75 Å². The lowest BCUT2D eigenvalue weighted by molar-refractivity contribution is -0.138. The molecule has 2 N–H and O–H groups in total. The Balaban J connectivity index is 1.89. The number of amides is 1. The third-order valence-corrected chi connectivity index (χ3v) is 4.58. The minimum absolute atomic E-state index is 0.0756. The van der Waals surface area contributed by atoms with Crippen molar-refractivity contribution in [3.05, 3.63) is 58.1 Å². The third kappa shape index (κ3) is 3.53. The highest BCUT2D eigenvalue weighted by atomic mass is 19.4. The van der Waals surface area contributed by atoms with Gasteiger partial charge in [-0.3, -0.25) is 4.79 Å². The molecule has 0 saturated carbocycles. The first kappa shape index (κ1) is 18.3. The number of fused-ring (bicyclic) bond motifs is 1. The molecule has 26 heavy (non-hydrogen) atoms. The topological polar surface area (TPSA) is 50.4 Å². The summed E-state index contributed by atoms with van der Waals surface area (Å²) in [4.78, 5) is 12.5. The lowest BCUT2D eigenvalue weighted by Gasteiger charge is -2.21. The summed E-state index contributed by atoms with van der Waals surface area (Å²) >= 11 is 0. The van der Waals surface area contributed by atoms with Gasteiger partial charge < -0.3 is 15.4 Å². The molecule has 0 atom stereocenters. The number of alkyl halides is 3. The number of ether oxygens (including phenoxy) is 1. The number of hydrogen-bond donors (Lipinski definition) is 2. The van der Waals surface area contributed by atoms with Crippen LogP contribution in [0.25, 0.3) is 0 Å².